The van der Waals surface area contributed by atoms with E-state index in [9.17, 15) is 9.59 Å². The van der Waals surface area contributed by atoms with Gasteiger partial charge in [0, 0.05) is 38.9 Å². The molecule has 1 aliphatic carbocycles. The van der Waals surface area contributed by atoms with Crippen molar-refractivity contribution in [3.8, 4) is 0 Å². The van der Waals surface area contributed by atoms with Gasteiger partial charge in [-0.3, -0.25) is 9.59 Å². The van der Waals surface area contributed by atoms with Gasteiger partial charge in [-0.1, -0.05) is 0 Å². The number of carbonyl (C=O) groups is 2. The Labute approximate surface area is 116 Å². The quantitative estimate of drug-likeness (QED) is 0.778. The minimum atomic E-state index is 0.0871. The molecule has 1 amide bonds. The van der Waals surface area contributed by atoms with Gasteiger partial charge in [0.25, 0.3) is 0 Å². The van der Waals surface area contributed by atoms with Crippen molar-refractivity contribution in [2.45, 2.75) is 38.5 Å². The highest BCUT2D eigenvalue weighted by Crippen LogP contribution is 2.24. The summed E-state index contributed by atoms with van der Waals surface area (Å²) in [7, 11) is 4.08. The fourth-order valence-corrected chi connectivity index (χ4v) is 3.40. The largest absolute Gasteiger partial charge is 0.345 e. The van der Waals surface area contributed by atoms with E-state index in [1.54, 1.807) is 0 Å². The maximum Gasteiger partial charge on any atom is 0.225 e. The van der Waals surface area contributed by atoms with Crippen LogP contribution in [0.2, 0.25) is 0 Å². The number of carbonyl (C=O) groups excluding carboxylic acids is 2. The Hall–Kier alpha value is -0.900. The lowest BCUT2D eigenvalue weighted by molar-refractivity contribution is -0.137. The first-order valence-electron chi connectivity index (χ1n) is 7.51. The molecule has 1 saturated carbocycles. The first kappa shape index (κ1) is 14.5. The van der Waals surface area contributed by atoms with E-state index in [-0.39, 0.29) is 11.8 Å². The molecule has 2 fully saturated rings. The molecule has 4 nitrogen and oxygen atoms in total. The van der Waals surface area contributed by atoms with Crippen LogP contribution in [-0.4, -0.2) is 55.2 Å². The molecule has 4 heteroatoms. The first-order chi connectivity index (χ1) is 9.06. The molecule has 1 atom stereocenters. The van der Waals surface area contributed by atoms with Gasteiger partial charge in [-0.2, -0.15) is 0 Å². The zero-order chi connectivity index (χ0) is 13.8. The summed E-state index contributed by atoms with van der Waals surface area (Å²) >= 11 is 0. The van der Waals surface area contributed by atoms with E-state index in [2.05, 4.69) is 11.9 Å². The minimum absolute atomic E-state index is 0.0871. The van der Waals surface area contributed by atoms with Gasteiger partial charge in [0.05, 0.1) is 0 Å². The van der Waals surface area contributed by atoms with Crippen LogP contribution >= 0.6 is 0 Å². The van der Waals surface area contributed by atoms with Crippen LogP contribution < -0.4 is 0 Å². The normalized spacial score (nSPS) is 26.4. The Morgan fingerprint density at radius 1 is 1.32 bits per heavy atom. The average molecular weight is 266 g/mol. The number of Topliss-reactive ketones (excluding diaryl/α,β-unsaturated/α-hetero) is 1. The van der Waals surface area contributed by atoms with E-state index >= 15 is 0 Å². The van der Waals surface area contributed by atoms with E-state index in [0.29, 0.717) is 24.5 Å². The molecule has 1 saturated heterocycles. The molecule has 1 heterocycles. The second-order valence-corrected chi connectivity index (χ2v) is 6.30. The van der Waals surface area contributed by atoms with Crippen LogP contribution in [0.25, 0.3) is 0 Å². The summed E-state index contributed by atoms with van der Waals surface area (Å²) in [5, 5.41) is 0. The van der Waals surface area contributed by atoms with Gasteiger partial charge >= 0.3 is 0 Å². The Morgan fingerprint density at radius 2 is 2.00 bits per heavy atom. The predicted molar refractivity (Wildman–Crippen MR) is 74.8 cm³/mol. The molecule has 0 radical (unpaired) electrons. The molecule has 19 heavy (non-hydrogen) atoms. The fraction of sp³-hybridized carbons (Fsp3) is 0.867. The van der Waals surface area contributed by atoms with Crippen LogP contribution in [0.5, 0.6) is 0 Å². The SMILES string of the molecule is CN1CCCC(CN(C)C(=O)C2CCC(=O)CC2)C1. The molecule has 2 aliphatic rings. The van der Waals surface area contributed by atoms with Gasteiger partial charge in [-0.15, -0.1) is 0 Å². The highest BCUT2D eigenvalue weighted by Gasteiger charge is 2.28. The summed E-state index contributed by atoms with van der Waals surface area (Å²) in [6.07, 6.45) is 5.16. The lowest BCUT2D eigenvalue weighted by Crippen LogP contribution is -2.42. The van der Waals surface area contributed by atoms with E-state index < -0.39 is 0 Å². The zero-order valence-electron chi connectivity index (χ0n) is 12.2. The van der Waals surface area contributed by atoms with E-state index in [1.807, 2.05) is 11.9 Å². The smallest absolute Gasteiger partial charge is 0.225 e. The second kappa shape index (κ2) is 6.51. The standard InChI is InChI=1S/C15H26N2O2/c1-16-9-3-4-12(10-16)11-17(2)15(19)13-5-7-14(18)8-6-13/h12-13H,3-11H2,1-2H3. The second-order valence-electron chi connectivity index (χ2n) is 6.30. The summed E-state index contributed by atoms with van der Waals surface area (Å²) in [5.74, 6) is 1.27. The topological polar surface area (TPSA) is 40.6 Å². The van der Waals surface area contributed by atoms with Crippen LogP contribution in [0.1, 0.15) is 38.5 Å². The molecular weight excluding hydrogens is 240 g/mol. The third-order valence-corrected chi connectivity index (χ3v) is 4.52. The van der Waals surface area contributed by atoms with Gasteiger partial charge in [0.2, 0.25) is 5.91 Å². The zero-order valence-corrected chi connectivity index (χ0v) is 12.2. The Balaban J connectivity index is 1.80. The van der Waals surface area contributed by atoms with Crippen molar-refractivity contribution >= 4 is 11.7 Å². The summed E-state index contributed by atoms with van der Waals surface area (Å²) in [4.78, 5) is 27.8. The Bertz CT molecular complexity index is 333. The van der Waals surface area contributed by atoms with Crippen molar-refractivity contribution in [3.63, 3.8) is 0 Å². The third-order valence-electron chi connectivity index (χ3n) is 4.52. The molecule has 0 aromatic rings. The van der Waals surface area contributed by atoms with Crippen LogP contribution in [0.4, 0.5) is 0 Å². The lowest BCUT2D eigenvalue weighted by atomic mass is 9.87. The van der Waals surface area contributed by atoms with Crippen molar-refractivity contribution in [2.24, 2.45) is 11.8 Å². The molecule has 0 bridgehead atoms. The van der Waals surface area contributed by atoms with Gasteiger partial charge < -0.3 is 9.80 Å². The molecule has 0 spiro atoms. The molecule has 108 valence electrons. The predicted octanol–water partition coefficient (Wildman–Crippen LogP) is 1.55. The Morgan fingerprint density at radius 3 is 2.63 bits per heavy atom. The number of piperidine rings is 1. The number of likely N-dealkylation sites (tertiary alicyclic amines) is 1. The maximum absolute atomic E-state index is 12.4. The van der Waals surface area contributed by atoms with Crippen molar-refractivity contribution in [1.29, 1.82) is 0 Å². The van der Waals surface area contributed by atoms with E-state index in [4.69, 9.17) is 0 Å². The summed E-state index contributed by atoms with van der Waals surface area (Å²) < 4.78 is 0. The van der Waals surface area contributed by atoms with Crippen molar-refractivity contribution in [1.82, 2.24) is 9.80 Å². The molecular formula is C15H26N2O2. The number of amides is 1. The van der Waals surface area contributed by atoms with Gasteiger partial charge in [-0.05, 0) is 45.2 Å². The maximum atomic E-state index is 12.4. The lowest BCUT2D eigenvalue weighted by Gasteiger charge is -2.34. The summed E-state index contributed by atoms with van der Waals surface area (Å²) in [6.45, 7) is 3.15. The molecule has 2 rings (SSSR count). The number of nitrogens with zero attached hydrogens (tertiary/aromatic N) is 2. The average Bonchev–Trinajstić information content (AvgIpc) is 2.39. The van der Waals surface area contributed by atoms with Crippen LogP contribution in [0.3, 0.4) is 0 Å². The molecule has 1 unspecified atom stereocenters. The van der Waals surface area contributed by atoms with E-state index in [1.165, 1.54) is 19.4 Å². The van der Waals surface area contributed by atoms with Gasteiger partial charge in [0.1, 0.15) is 5.78 Å². The summed E-state index contributed by atoms with van der Waals surface area (Å²) in [6, 6.07) is 0. The molecule has 0 aromatic heterocycles. The molecule has 0 aromatic carbocycles. The van der Waals surface area contributed by atoms with Crippen LogP contribution in [0, 0.1) is 11.8 Å². The number of hydrogen-bond acceptors (Lipinski definition) is 3. The first-order valence-corrected chi connectivity index (χ1v) is 7.51. The highest BCUT2D eigenvalue weighted by atomic mass is 16.2. The Kier molecular flexibility index (Phi) is 4.97. The fourth-order valence-electron chi connectivity index (χ4n) is 3.40. The minimum Gasteiger partial charge on any atom is -0.345 e. The van der Waals surface area contributed by atoms with Crippen molar-refractivity contribution in [2.75, 3.05) is 33.7 Å². The highest BCUT2D eigenvalue weighted by molar-refractivity contribution is 5.84. The van der Waals surface area contributed by atoms with Crippen molar-refractivity contribution in [3.05, 3.63) is 0 Å². The van der Waals surface area contributed by atoms with Gasteiger partial charge in [0.15, 0.2) is 0 Å². The number of ketones is 1. The third kappa shape index (κ3) is 4.03. The molecule has 0 N–H and O–H groups in total. The summed E-state index contributed by atoms with van der Waals surface area (Å²) in [5.41, 5.74) is 0. The van der Waals surface area contributed by atoms with Crippen molar-refractivity contribution < 1.29 is 9.59 Å². The van der Waals surface area contributed by atoms with Crippen LogP contribution in [-0.2, 0) is 9.59 Å². The van der Waals surface area contributed by atoms with E-state index in [0.717, 1.165) is 25.9 Å². The number of hydrogen-bond donors (Lipinski definition) is 0. The number of rotatable bonds is 3. The van der Waals surface area contributed by atoms with Crippen LogP contribution in [0.15, 0.2) is 0 Å². The van der Waals surface area contributed by atoms with Gasteiger partial charge in [-0.25, -0.2) is 0 Å². The monoisotopic (exact) mass is 266 g/mol. The molecule has 1 aliphatic heterocycles.